The highest BCUT2D eigenvalue weighted by atomic mass is 35.5. The Kier molecular flexibility index (Phi) is 12.4. The van der Waals surface area contributed by atoms with Gasteiger partial charge in [-0.2, -0.15) is 0 Å². The van der Waals surface area contributed by atoms with Crippen LogP contribution in [0.2, 0.25) is 0 Å². The highest BCUT2D eigenvalue weighted by Crippen LogP contribution is 2.46. The van der Waals surface area contributed by atoms with Crippen molar-refractivity contribution in [2.24, 2.45) is 0 Å². The molecule has 0 radical (unpaired) electrons. The van der Waals surface area contributed by atoms with E-state index in [2.05, 4.69) is 5.32 Å². The number of methoxy groups -OCH3 is 1. The Balaban J connectivity index is 2.79. The molecule has 0 aliphatic carbocycles. The average Bonchev–Trinajstić information content (AvgIpc) is 2.88. The number of amides is 1. The summed E-state index contributed by atoms with van der Waals surface area (Å²) in [6.45, 7) is 4.89. The van der Waals surface area contributed by atoms with Gasteiger partial charge in [-0.1, -0.05) is 29.8 Å². The molecule has 2 rings (SSSR count). The Labute approximate surface area is 245 Å². The molecule has 1 saturated heterocycles. The number of rotatable bonds is 11. The summed E-state index contributed by atoms with van der Waals surface area (Å²) in [7, 11) is 1.06. The Hall–Kier alpha value is -3.36. The second kappa shape index (κ2) is 15.0. The first-order chi connectivity index (χ1) is 19.2. The maximum atomic E-state index is 13.2. The van der Waals surface area contributed by atoms with Gasteiger partial charge < -0.3 is 33.7 Å². The molecule has 0 bridgehead atoms. The van der Waals surface area contributed by atoms with Gasteiger partial charge in [0.05, 0.1) is 13.2 Å². The fraction of sp³-hybridized carbons (Fsp3) is 0.538. The first kappa shape index (κ1) is 33.8. The van der Waals surface area contributed by atoms with Crippen LogP contribution < -0.4 is 5.32 Å². The summed E-state index contributed by atoms with van der Waals surface area (Å²) < 4.78 is 32.5. The van der Waals surface area contributed by atoms with Crippen molar-refractivity contribution in [1.82, 2.24) is 5.32 Å². The predicted octanol–water partition coefficient (Wildman–Crippen LogP) is 1.52. The van der Waals surface area contributed by atoms with Crippen molar-refractivity contribution in [2.75, 3.05) is 13.7 Å². The molecule has 1 N–H and O–H groups in total. The van der Waals surface area contributed by atoms with Crippen LogP contribution in [0.25, 0.3) is 0 Å². The fourth-order valence-electron chi connectivity index (χ4n) is 4.17. The lowest BCUT2D eigenvalue weighted by molar-refractivity contribution is -0.223. The molecule has 1 fully saturated rings. The van der Waals surface area contributed by atoms with Gasteiger partial charge in [0.1, 0.15) is 24.1 Å². The molecule has 1 heterocycles. The van der Waals surface area contributed by atoms with E-state index in [9.17, 15) is 28.8 Å². The predicted molar refractivity (Wildman–Crippen MR) is 142 cm³/mol. The number of carbonyl (C=O) groups excluding carboxylic acids is 6. The molecular formula is C26H32ClNO12S. The molecule has 1 amide bonds. The molecule has 7 atom stereocenters. The number of carbonyl (C=O) groups is 6. The SMILES string of the molecule is COC(=O)C1(Cl)OC([C@H](OC(C)=O)[C@@H](COC(C)=O)OC(C)=O)C(NC(C)=O)C(OC(C)=O)C1Sc1ccccc1. The zero-order chi connectivity index (χ0) is 30.9. The van der Waals surface area contributed by atoms with E-state index in [1.54, 1.807) is 30.3 Å². The Bertz CT molecular complexity index is 1130. The number of hydrogen-bond donors (Lipinski definition) is 1. The highest BCUT2D eigenvalue weighted by molar-refractivity contribution is 8.00. The summed E-state index contributed by atoms with van der Waals surface area (Å²) >= 11 is 7.89. The number of nitrogens with one attached hydrogen (secondary N) is 1. The number of hydrogen-bond acceptors (Lipinski definition) is 13. The van der Waals surface area contributed by atoms with Crippen molar-refractivity contribution in [2.45, 2.75) is 80.3 Å². The minimum absolute atomic E-state index is 0.594. The molecular weight excluding hydrogens is 586 g/mol. The lowest BCUT2D eigenvalue weighted by Gasteiger charge is -2.50. The topological polar surface area (TPSA) is 170 Å². The van der Waals surface area contributed by atoms with E-state index in [0.717, 1.165) is 46.6 Å². The summed E-state index contributed by atoms with van der Waals surface area (Å²) in [6, 6.07) is 7.29. The van der Waals surface area contributed by atoms with Gasteiger partial charge in [-0.05, 0) is 12.1 Å². The van der Waals surface area contributed by atoms with E-state index in [1.165, 1.54) is 6.92 Å². The number of alkyl halides is 1. The Morgan fingerprint density at radius 1 is 0.951 bits per heavy atom. The van der Waals surface area contributed by atoms with E-state index >= 15 is 0 Å². The smallest absolute Gasteiger partial charge is 0.355 e. The summed E-state index contributed by atoms with van der Waals surface area (Å²) in [5.74, 6) is -4.98. The van der Waals surface area contributed by atoms with Crippen molar-refractivity contribution < 1.29 is 57.2 Å². The van der Waals surface area contributed by atoms with E-state index in [-0.39, 0.29) is 0 Å². The van der Waals surface area contributed by atoms with Crippen molar-refractivity contribution in [3.63, 3.8) is 0 Å². The van der Waals surface area contributed by atoms with Crippen LogP contribution in [0.5, 0.6) is 0 Å². The zero-order valence-electron chi connectivity index (χ0n) is 23.2. The number of ether oxygens (including phenoxy) is 6. The maximum absolute atomic E-state index is 13.2. The minimum Gasteiger partial charge on any atom is -0.466 e. The quantitative estimate of drug-likeness (QED) is 0.215. The van der Waals surface area contributed by atoms with Gasteiger partial charge in [0, 0.05) is 39.5 Å². The number of thioether (sulfide) groups is 1. The van der Waals surface area contributed by atoms with Crippen molar-refractivity contribution in [1.29, 1.82) is 0 Å². The molecule has 13 nitrogen and oxygen atoms in total. The first-order valence-electron chi connectivity index (χ1n) is 12.3. The second-order valence-electron chi connectivity index (χ2n) is 8.90. The van der Waals surface area contributed by atoms with Crippen LogP contribution in [0.3, 0.4) is 0 Å². The van der Waals surface area contributed by atoms with Crippen LogP contribution >= 0.6 is 23.4 Å². The van der Waals surface area contributed by atoms with Crippen LogP contribution in [0, 0.1) is 0 Å². The third-order valence-electron chi connectivity index (χ3n) is 5.58. The molecule has 15 heteroatoms. The van der Waals surface area contributed by atoms with E-state index in [0.29, 0.717) is 4.90 Å². The monoisotopic (exact) mass is 617 g/mol. The minimum atomic E-state index is -2.41. The third-order valence-corrected chi connectivity index (χ3v) is 7.59. The lowest BCUT2D eigenvalue weighted by Crippen LogP contribution is -2.72. The van der Waals surface area contributed by atoms with Crippen molar-refractivity contribution in [3.8, 4) is 0 Å². The van der Waals surface area contributed by atoms with Gasteiger partial charge in [-0.15, -0.1) is 11.8 Å². The van der Waals surface area contributed by atoms with Gasteiger partial charge in [0.15, 0.2) is 12.2 Å². The molecule has 5 unspecified atom stereocenters. The molecule has 1 aromatic rings. The normalized spacial score (nSPS) is 25.0. The van der Waals surface area contributed by atoms with E-state index in [4.69, 9.17) is 40.0 Å². The maximum Gasteiger partial charge on any atom is 0.355 e. The largest absolute Gasteiger partial charge is 0.466 e. The van der Waals surface area contributed by atoms with Gasteiger partial charge in [0.25, 0.3) is 5.06 Å². The Morgan fingerprint density at radius 2 is 1.56 bits per heavy atom. The molecule has 0 aromatic heterocycles. The summed E-state index contributed by atoms with van der Waals surface area (Å²) in [5.41, 5.74) is 0. The van der Waals surface area contributed by atoms with Crippen LogP contribution in [0.15, 0.2) is 35.2 Å². The number of esters is 5. The molecule has 1 aromatic carbocycles. The van der Waals surface area contributed by atoms with Crippen LogP contribution in [0.1, 0.15) is 34.6 Å². The average molecular weight is 618 g/mol. The number of halogens is 1. The van der Waals surface area contributed by atoms with Crippen LogP contribution in [0.4, 0.5) is 0 Å². The van der Waals surface area contributed by atoms with Crippen molar-refractivity contribution >= 4 is 59.1 Å². The van der Waals surface area contributed by atoms with Gasteiger partial charge in [-0.25, -0.2) is 4.79 Å². The standard InChI is InChI=1S/C26H32ClNO12S/c1-13(29)28-20-22(21(38-16(4)32)19(37-15(3)31)12-36-14(2)30)40-26(27,25(34)35-6)24(23(20)39-17(5)33)41-18-10-8-7-9-11-18/h7-11,19-24H,12H2,1-6H3,(H,28,29)/t19-,20?,21-,22?,23?,24?,26?/m1/s1. The first-order valence-corrected chi connectivity index (χ1v) is 13.5. The highest BCUT2D eigenvalue weighted by Gasteiger charge is 2.63. The van der Waals surface area contributed by atoms with E-state index in [1.807, 2.05) is 0 Å². The van der Waals surface area contributed by atoms with Crippen molar-refractivity contribution in [3.05, 3.63) is 30.3 Å². The molecule has 0 spiro atoms. The third kappa shape index (κ3) is 9.33. The molecule has 1 aliphatic heterocycles. The molecule has 41 heavy (non-hydrogen) atoms. The van der Waals surface area contributed by atoms with E-state index < -0.39 is 83.1 Å². The molecule has 1 aliphatic rings. The van der Waals surface area contributed by atoms with Crippen LogP contribution in [-0.2, 0) is 57.2 Å². The Morgan fingerprint density at radius 3 is 2.05 bits per heavy atom. The summed E-state index contributed by atoms with van der Waals surface area (Å²) in [6.07, 6.45) is -6.16. The van der Waals surface area contributed by atoms with Crippen LogP contribution in [-0.4, -0.2) is 90.2 Å². The van der Waals surface area contributed by atoms with Gasteiger partial charge in [0.2, 0.25) is 5.91 Å². The lowest BCUT2D eigenvalue weighted by atomic mass is 9.88. The van der Waals surface area contributed by atoms with Gasteiger partial charge in [-0.3, -0.25) is 24.0 Å². The zero-order valence-corrected chi connectivity index (χ0v) is 24.8. The number of benzene rings is 1. The summed E-state index contributed by atoms with van der Waals surface area (Å²) in [4.78, 5) is 74.4. The second-order valence-corrected chi connectivity index (χ2v) is 10.7. The summed E-state index contributed by atoms with van der Waals surface area (Å²) in [5, 5.41) is -1.03. The molecule has 226 valence electrons. The fourth-order valence-corrected chi connectivity index (χ4v) is 5.88. The molecule has 0 saturated carbocycles. The van der Waals surface area contributed by atoms with Gasteiger partial charge >= 0.3 is 29.8 Å².